The molecule has 3 aromatic rings. The van der Waals surface area contributed by atoms with Crippen LogP contribution < -0.4 is 10.7 Å². The van der Waals surface area contributed by atoms with Crippen LogP contribution in [0.5, 0.6) is 0 Å². The molecule has 2 N–H and O–H groups in total. The van der Waals surface area contributed by atoms with Gasteiger partial charge in [0, 0.05) is 11.4 Å². The zero-order chi connectivity index (χ0) is 24.7. The van der Waals surface area contributed by atoms with Crippen LogP contribution in [0.2, 0.25) is 0 Å². The van der Waals surface area contributed by atoms with E-state index in [1.807, 2.05) is 56.3 Å². The van der Waals surface area contributed by atoms with Gasteiger partial charge in [0.25, 0.3) is 0 Å². The molecular formula is C26H25F3N4S. The van der Waals surface area contributed by atoms with Gasteiger partial charge in [-0.05, 0) is 72.9 Å². The number of halogens is 3. The standard InChI is InChI=1S/C26H25F3N4S/c1-17-5-4-6-18(2)24(17)32-25(34)33-31-16-21-9-7-20(8-10-21)15-30-19(3)22-11-13-23(14-12-22)26(27,28)29/h4-14,16H,15H2,1-3H3,(H2,32,33,34)/b30-19?,31-16+. The largest absolute Gasteiger partial charge is 0.416 e. The zero-order valence-corrected chi connectivity index (χ0v) is 19.9. The lowest BCUT2D eigenvalue weighted by Crippen LogP contribution is -2.24. The highest BCUT2D eigenvalue weighted by atomic mass is 32.1. The molecule has 176 valence electrons. The molecule has 0 aromatic heterocycles. The fourth-order valence-electron chi connectivity index (χ4n) is 3.23. The van der Waals surface area contributed by atoms with E-state index in [1.165, 1.54) is 12.1 Å². The van der Waals surface area contributed by atoms with Gasteiger partial charge in [-0.15, -0.1) is 0 Å². The molecule has 0 unspecified atom stereocenters. The molecule has 8 heteroatoms. The molecular weight excluding hydrogens is 457 g/mol. The number of anilines is 1. The molecule has 0 bridgehead atoms. The molecule has 0 amide bonds. The molecule has 0 aliphatic carbocycles. The summed E-state index contributed by atoms with van der Waals surface area (Å²) in [5.74, 6) is 0. The molecule has 0 saturated carbocycles. The van der Waals surface area contributed by atoms with Gasteiger partial charge in [-0.1, -0.05) is 54.6 Å². The quantitative estimate of drug-likeness (QED) is 0.235. The van der Waals surface area contributed by atoms with Crippen LogP contribution in [0.3, 0.4) is 0 Å². The van der Waals surface area contributed by atoms with Crippen LogP contribution in [0.25, 0.3) is 0 Å². The molecule has 3 aromatic carbocycles. The lowest BCUT2D eigenvalue weighted by atomic mass is 10.1. The van der Waals surface area contributed by atoms with Gasteiger partial charge >= 0.3 is 6.18 Å². The molecule has 0 heterocycles. The molecule has 0 saturated heterocycles. The van der Waals surface area contributed by atoms with Crippen molar-refractivity contribution in [3.63, 3.8) is 0 Å². The summed E-state index contributed by atoms with van der Waals surface area (Å²) >= 11 is 5.31. The number of nitrogens with zero attached hydrogens (tertiary/aromatic N) is 2. The van der Waals surface area contributed by atoms with Crippen molar-refractivity contribution in [1.82, 2.24) is 5.43 Å². The van der Waals surface area contributed by atoms with Gasteiger partial charge in [0.1, 0.15) is 0 Å². The maximum absolute atomic E-state index is 12.7. The monoisotopic (exact) mass is 482 g/mol. The second kappa shape index (κ2) is 11.1. The summed E-state index contributed by atoms with van der Waals surface area (Å²) in [7, 11) is 0. The number of alkyl halides is 3. The fraction of sp³-hybridized carbons (Fsp3) is 0.192. The van der Waals surface area contributed by atoms with Crippen LogP contribution >= 0.6 is 12.2 Å². The molecule has 0 aliphatic heterocycles. The van der Waals surface area contributed by atoms with Gasteiger partial charge in [-0.2, -0.15) is 18.3 Å². The van der Waals surface area contributed by atoms with Crippen molar-refractivity contribution in [2.45, 2.75) is 33.5 Å². The first-order chi connectivity index (χ1) is 16.1. The highest BCUT2D eigenvalue weighted by molar-refractivity contribution is 7.80. The second-order valence-corrected chi connectivity index (χ2v) is 8.22. The van der Waals surface area contributed by atoms with E-state index in [9.17, 15) is 13.2 Å². The molecule has 0 atom stereocenters. The maximum atomic E-state index is 12.7. The van der Waals surface area contributed by atoms with Gasteiger partial charge in [-0.25, -0.2) is 0 Å². The zero-order valence-electron chi connectivity index (χ0n) is 19.1. The van der Waals surface area contributed by atoms with Crippen molar-refractivity contribution < 1.29 is 13.2 Å². The summed E-state index contributed by atoms with van der Waals surface area (Å²) in [5, 5.41) is 7.74. The average Bonchev–Trinajstić information content (AvgIpc) is 2.80. The second-order valence-electron chi connectivity index (χ2n) is 7.81. The number of para-hydroxylation sites is 1. The minimum Gasteiger partial charge on any atom is -0.331 e. The van der Waals surface area contributed by atoms with Crippen molar-refractivity contribution >= 4 is 34.9 Å². The molecule has 4 nitrogen and oxygen atoms in total. The van der Waals surface area contributed by atoms with E-state index in [0.717, 1.165) is 40.1 Å². The number of hydrazone groups is 1. The molecule has 34 heavy (non-hydrogen) atoms. The predicted octanol–water partition coefficient (Wildman–Crippen LogP) is 6.65. The van der Waals surface area contributed by atoms with Crippen LogP contribution in [0.15, 0.2) is 76.8 Å². The van der Waals surface area contributed by atoms with Crippen molar-refractivity contribution in [3.05, 3.63) is 100 Å². The normalized spacial score (nSPS) is 12.1. The Morgan fingerprint density at radius 1 is 0.941 bits per heavy atom. The molecule has 0 aliphatic rings. The number of hydrogen-bond donors (Lipinski definition) is 2. The Balaban J connectivity index is 1.53. The molecule has 0 spiro atoms. The number of thiocarbonyl (C=S) groups is 1. The van der Waals surface area contributed by atoms with Gasteiger partial charge in [0.2, 0.25) is 0 Å². The van der Waals surface area contributed by atoms with Gasteiger partial charge < -0.3 is 5.32 Å². The highest BCUT2D eigenvalue weighted by Crippen LogP contribution is 2.29. The third-order valence-electron chi connectivity index (χ3n) is 5.21. The first-order valence-corrected chi connectivity index (χ1v) is 11.0. The van der Waals surface area contributed by atoms with Crippen molar-refractivity contribution in [3.8, 4) is 0 Å². The van der Waals surface area contributed by atoms with Crippen molar-refractivity contribution in [2.75, 3.05) is 5.32 Å². The Kier molecular flexibility index (Phi) is 8.17. The summed E-state index contributed by atoms with van der Waals surface area (Å²) in [6, 6.07) is 18.7. The predicted molar refractivity (Wildman–Crippen MR) is 137 cm³/mol. The Bertz CT molecular complexity index is 1180. The summed E-state index contributed by atoms with van der Waals surface area (Å²) in [6.07, 6.45) is -2.68. The van der Waals surface area contributed by atoms with Gasteiger partial charge in [0.15, 0.2) is 5.11 Å². The van der Waals surface area contributed by atoms with Crippen LogP contribution in [-0.4, -0.2) is 17.0 Å². The summed E-state index contributed by atoms with van der Waals surface area (Å²) in [4.78, 5) is 4.49. The summed E-state index contributed by atoms with van der Waals surface area (Å²) < 4.78 is 38.1. The summed E-state index contributed by atoms with van der Waals surface area (Å²) in [5.41, 5.74) is 8.50. The number of nitrogens with one attached hydrogen (secondary N) is 2. The van der Waals surface area contributed by atoms with Crippen molar-refractivity contribution in [2.24, 2.45) is 10.1 Å². The topological polar surface area (TPSA) is 48.8 Å². The summed E-state index contributed by atoms with van der Waals surface area (Å²) in [6.45, 7) is 6.23. The molecule has 0 radical (unpaired) electrons. The lowest BCUT2D eigenvalue weighted by Gasteiger charge is -2.12. The first kappa shape index (κ1) is 25.1. The van der Waals surface area contributed by atoms with Gasteiger partial charge in [0.05, 0.1) is 18.3 Å². The van der Waals surface area contributed by atoms with Crippen LogP contribution in [0.1, 0.15) is 40.3 Å². The Morgan fingerprint density at radius 3 is 2.15 bits per heavy atom. The van der Waals surface area contributed by atoms with Gasteiger partial charge in [-0.3, -0.25) is 10.4 Å². The smallest absolute Gasteiger partial charge is 0.331 e. The number of hydrogen-bond acceptors (Lipinski definition) is 3. The molecule has 3 rings (SSSR count). The first-order valence-electron chi connectivity index (χ1n) is 10.6. The van der Waals surface area contributed by atoms with E-state index in [4.69, 9.17) is 12.2 Å². The van der Waals surface area contributed by atoms with E-state index in [1.54, 1.807) is 13.1 Å². The van der Waals surface area contributed by atoms with Crippen molar-refractivity contribution in [1.29, 1.82) is 0 Å². The van der Waals surface area contributed by atoms with Crippen LogP contribution in [0.4, 0.5) is 18.9 Å². The van der Waals surface area contributed by atoms with E-state index < -0.39 is 11.7 Å². The average molecular weight is 483 g/mol. The Hall–Kier alpha value is -3.52. The third-order valence-corrected chi connectivity index (χ3v) is 5.40. The SMILES string of the molecule is CC(=NCc1ccc(/C=N/NC(=S)Nc2c(C)cccc2C)cc1)c1ccc(C(F)(F)F)cc1. The van der Waals surface area contributed by atoms with E-state index in [-0.39, 0.29) is 0 Å². The molecule has 0 fully saturated rings. The Morgan fingerprint density at radius 2 is 1.56 bits per heavy atom. The third kappa shape index (κ3) is 6.99. The van der Waals surface area contributed by atoms with E-state index >= 15 is 0 Å². The van der Waals surface area contributed by atoms with E-state index in [0.29, 0.717) is 22.9 Å². The van der Waals surface area contributed by atoms with Crippen LogP contribution in [0, 0.1) is 13.8 Å². The number of benzene rings is 3. The lowest BCUT2D eigenvalue weighted by molar-refractivity contribution is -0.137. The highest BCUT2D eigenvalue weighted by Gasteiger charge is 2.29. The Labute approximate surface area is 202 Å². The van der Waals surface area contributed by atoms with Crippen LogP contribution in [-0.2, 0) is 12.7 Å². The minimum atomic E-state index is -4.34. The number of aryl methyl sites for hydroxylation is 2. The number of aliphatic imine (C=N–C) groups is 1. The minimum absolute atomic E-state index is 0.401. The maximum Gasteiger partial charge on any atom is 0.416 e. The van der Waals surface area contributed by atoms with E-state index in [2.05, 4.69) is 20.8 Å². The number of rotatable bonds is 6. The fourth-order valence-corrected chi connectivity index (χ4v) is 3.38.